The molecule has 2 amide bonds. The zero-order valence-corrected chi connectivity index (χ0v) is 20.7. The molecule has 0 bridgehead atoms. The number of thioether (sulfide) groups is 1. The van der Waals surface area contributed by atoms with Crippen molar-refractivity contribution in [3.05, 3.63) is 35.6 Å². The monoisotopic (exact) mass is 484 g/mol. The molecule has 0 aliphatic rings. The number of hydrogen-bond acceptors (Lipinski definition) is 7. The van der Waals surface area contributed by atoms with Gasteiger partial charge in [0.15, 0.2) is 11.2 Å². The van der Waals surface area contributed by atoms with Gasteiger partial charge in [-0.25, -0.2) is 9.18 Å². The van der Waals surface area contributed by atoms with Gasteiger partial charge in [-0.05, 0) is 44.4 Å². The third-order valence-corrected chi connectivity index (χ3v) is 5.85. The van der Waals surface area contributed by atoms with Gasteiger partial charge in [0.05, 0.1) is 25.1 Å². The number of rotatable bonds is 12. The van der Waals surface area contributed by atoms with Crippen molar-refractivity contribution < 1.29 is 33.0 Å². The van der Waals surface area contributed by atoms with Gasteiger partial charge in [0.1, 0.15) is 11.4 Å². The lowest BCUT2D eigenvalue weighted by molar-refractivity contribution is -0.150. The Morgan fingerprint density at radius 2 is 1.73 bits per heavy atom. The van der Waals surface area contributed by atoms with Crippen LogP contribution in [0.4, 0.5) is 4.39 Å². The number of halogens is 1. The molecule has 1 rings (SSSR count). The molecular weight excluding hydrogens is 451 g/mol. The molecule has 8 nitrogen and oxygen atoms in total. The van der Waals surface area contributed by atoms with Gasteiger partial charge in [-0.2, -0.15) is 0 Å². The molecule has 0 aliphatic heterocycles. The summed E-state index contributed by atoms with van der Waals surface area (Å²) in [5, 5.41) is 4.36. The Kier molecular flexibility index (Phi) is 11.5. The second-order valence-corrected chi connectivity index (χ2v) is 9.63. The first-order chi connectivity index (χ1) is 15.4. The minimum atomic E-state index is -1.37. The van der Waals surface area contributed by atoms with Gasteiger partial charge in [-0.1, -0.05) is 37.7 Å². The van der Waals surface area contributed by atoms with Crippen LogP contribution in [-0.2, 0) is 35.3 Å². The van der Waals surface area contributed by atoms with Crippen LogP contribution in [0.2, 0.25) is 0 Å². The summed E-state index contributed by atoms with van der Waals surface area (Å²) >= 11 is 0.903. The quantitative estimate of drug-likeness (QED) is 0.439. The molecule has 2 unspecified atom stereocenters. The normalized spacial score (nSPS) is 13.2. The minimum absolute atomic E-state index is 0.102. The fourth-order valence-corrected chi connectivity index (χ4v) is 3.53. The number of carbonyl (C=O) groups is 4. The van der Waals surface area contributed by atoms with Crippen LogP contribution in [-0.4, -0.2) is 52.9 Å². The zero-order chi connectivity index (χ0) is 25.2. The molecule has 33 heavy (non-hydrogen) atoms. The Balaban J connectivity index is 2.82. The van der Waals surface area contributed by atoms with Gasteiger partial charge in [0, 0.05) is 6.92 Å². The summed E-state index contributed by atoms with van der Waals surface area (Å²) in [6, 6.07) is 4.58. The molecule has 0 saturated carbocycles. The highest BCUT2D eigenvalue weighted by molar-refractivity contribution is 8.14. The first kappa shape index (κ1) is 28.6. The Hall–Kier alpha value is -2.46. The van der Waals surface area contributed by atoms with E-state index in [1.54, 1.807) is 19.1 Å². The largest absolute Gasteiger partial charge is 0.464 e. The summed E-state index contributed by atoms with van der Waals surface area (Å²) in [6.07, 6.45) is 0. The number of amides is 2. The van der Waals surface area contributed by atoms with E-state index in [9.17, 15) is 23.6 Å². The van der Waals surface area contributed by atoms with Crippen LogP contribution >= 0.6 is 11.8 Å². The second-order valence-electron chi connectivity index (χ2n) is 8.31. The highest BCUT2D eigenvalue weighted by Gasteiger charge is 2.36. The molecule has 2 N–H and O–H groups in total. The maximum atomic E-state index is 13.0. The summed E-state index contributed by atoms with van der Waals surface area (Å²) in [5.74, 6) is -2.26. The number of benzene rings is 1. The van der Waals surface area contributed by atoms with Crippen molar-refractivity contribution in [1.82, 2.24) is 10.6 Å². The standard InChI is InChI=1S/C23H33FN2O6S/c1-7-32-21(29)18(13-31-12-16-8-10-17(24)11-9-16)25-22(30)23(5,6)26-20(28)19(14(2)3)33-15(4)27/h8-11,14,18-19H,7,12-13H2,1-6H3,(H,25,30)(H,26,28). The van der Waals surface area contributed by atoms with Gasteiger partial charge in [0.25, 0.3) is 0 Å². The van der Waals surface area contributed by atoms with Crippen molar-refractivity contribution in [3.8, 4) is 0 Å². The number of esters is 1. The van der Waals surface area contributed by atoms with E-state index in [4.69, 9.17) is 9.47 Å². The van der Waals surface area contributed by atoms with E-state index >= 15 is 0 Å². The zero-order valence-electron chi connectivity index (χ0n) is 19.9. The Labute approximate surface area is 198 Å². The van der Waals surface area contributed by atoms with Crippen LogP contribution in [0.3, 0.4) is 0 Å². The number of hydrogen-bond donors (Lipinski definition) is 2. The van der Waals surface area contributed by atoms with Crippen LogP contribution in [0.1, 0.15) is 47.1 Å². The van der Waals surface area contributed by atoms with Crippen LogP contribution in [0, 0.1) is 11.7 Å². The summed E-state index contributed by atoms with van der Waals surface area (Å²) in [4.78, 5) is 49.4. The number of ether oxygens (including phenoxy) is 2. The van der Waals surface area contributed by atoms with Gasteiger partial charge in [-0.15, -0.1) is 0 Å². The van der Waals surface area contributed by atoms with E-state index < -0.39 is 34.6 Å². The van der Waals surface area contributed by atoms with Crippen molar-refractivity contribution >= 4 is 34.7 Å². The fraction of sp³-hybridized carbons (Fsp3) is 0.565. The molecule has 1 aromatic rings. The summed E-state index contributed by atoms with van der Waals surface area (Å²) in [5.41, 5.74) is -0.677. The second kappa shape index (κ2) is 13.3. The highest BCUT2D eigenvalue weighted by atomic mass is 32.2. The van der Waals surface area contributed by atoms with E-state index in [0.29, 0.717) is 5.56 Å². The Morgan fingerprint density at radius 3 is 2.24 bits per heavy atom. The first-order valence-corrected chi connectivity index (χ1v) is 11.5. The predicted molar refractivity (Wildman–Crippen MR) is 124 cm³/mol. The van der Waals surface area contributed by atoms with Crippen molar-refractivity contribution in [2.45, 2.75) is 65.0 Å². The molecule has 0 aromatic heterocycles. The molecule has 0 heterocycles. The van der Waals surface area contributed by atoms with Crippen LogP contribution < -0.4 is 10.6 Å². The lowest BCUT2D eigenvalue weighted by atomic mass is 10.0. The molecule has 0 saturated heterocycles. The Bertz CT molecular complexity index is 829. The topological polar surface area (TPSA) is 111 Å². The first-order valence-electron chi connectivity index (χ1n) is 10.7. The maximum absolute atomic E-state index is 13.0. The average molecular weight is 485 g/mol. The Morgan fingerprint density at radius 1 is 1.12 bits per heavy atom. The lowest BCUT2D eigenvalue weighted by Gasteiger charge is -2.30. The SMILES string of the molecule is CCOC(=O)C(COCc1ccc(F)cc1)NC(=O)C(C)(C)NC(=O)C(SC(C)=O)C(C)C. The van der Waals surface area contributed by atoms with Crippen LogP contribution in [0.5, 0.6) is 0 Å². The molecule has 0 aliphatic carbocycles. The molecule has 184 valence electrons. The fourth-order valence-electron chi connectivity index (χ4n) is 2.73. The van der Waals surface area contributed by atoms with Crippen molar-refractivity contribution in [2.75, 3.05) is 13.2 Å². The smallest absolute Gasteiger partial charge is 0.331 e. The minimum Gasteiger partial charge on any atom is -0.464 e. The van der Waals surface area contributed by atoms with Gasteiger partial charge < -0.3 is 20.1 Å². The molecule has 10 heteroatoms. The molecule has 2 atom stereocenters. The van der Waals surface area contributed by atoms with E-state index in [0.717, 1.165) is 11.8 Å². The van der Waals surface area contributed by atoms with Crippen LogP contribution in [0.15, 0.2) is 24.3 Å². The van der Waals surface area contributed by atoms with E-state index in [-0.39, 0.29) is 36.7 Å². The lowest BCUT2D eigenvalue weighted by Crippen LogP contribution is -2.60. The molecule has 0 fully saturated rings. The summed E-state index contributed by atoms with van der Waals surface area (Å²) < 4.78 is 23.6. The third kappa shape index (κ3) is 9.91. The summed E-state index contributed by atoms with van der Waals surface area (Å²) in [6.45, 7) is 9.66. The van der Waals surface area contributed by atoms with Crippen molar-refractivity contribution in [3.63, 3.8) is 0 Å². The van der Waals surface area contributed by atoms with Crippen LogP contribution in [0.25, 0.3) is 0 Å². The number of nitrogens with one attached hydrogen (secondary N) is 2. The summed E-state index contributed by atoms with van der Waals surface area (Å²) in [7, 11) is 0. The number of carbonyl (C=O) groups excluding carboxylic acids is 4. The molecule has 0 radical (unpaired) electrons. The highest BCUT2D eigenvalue weighted by Crippen LogP contribution is 2.21. The molecular formula is C23H33FN2O6S. The van der Waals surface area contributed by atoms with Gasteiger partial charge in [0.2, 0.25) is 11.8 Å². The van der Waals surface area contributed by atoms with Gasteiger partial charge >= 0.3 is 5.97 Å². The predicted octanol–water partition coefficient (Wildman–Crippen LogP) is 2.59. The van der Waals surface area contributed by atoms with E-state index in [1.165, 1.54) is 32.9 Å². The average Bonchev–Trinajstić information content (AvgIpc) is 2.71. The third-order valence-electron chi connectivity index (χ3n) is 4.50. The van der Waals surface area contributed by atoms with E-state index in [2.05, 4.69) is 10.6 Å². The molecule has 0 spiro atoms. The maximum Gasteiger partial charge on any atom is 0.331 e. The van der Waals surface area contributed by atoms with Crippen molar-refractivity contribution in [1.29, 1.82) is 0 Å². The van der Waals surface area contributed by atoms with Gasteiger partial charge in [-0.3, -0.25) is 14.4 Å². The molecule has 1 aromatic carbocycles. The van der Waals surface area contributed by atoms with E-state index in [1.807, 2.05) is 13.8 Å². The van der Waals surface area contributed by atoms with Crippen molar-refractivity contribution in [2.24, 2.45) is 5.92 Å².